The molecule has 0 aliphatic heterocycles. The van der Waals surface area contributed by atoms with Crippen LogP contribution in [0.5, 0.6) is 11.6 Å². The zero-order valence-electron chi connectivity index (χ0n) is 16.6. The molecular weight excluding hydrogens is 415 g/mol. The van der Waals surface area contributed by atoms with Crippen LogP contribution in [0.1, 0.15) is 18.0 Å². The lowest BCUT2D eigenvalue weighted by Gasteiger charge is -2.19. The van der Waals surface area contributed by atoms with E-state index < -0.39 is 0 Å². The van der Waals surface area contributed by atoms with E-state index >= 15 is 0 Å². The maximum atomic E-state index is 13.5. The third-order valence-electron chi connectivity index (χ3n) is 5.02. The molecule has 0 unspecified atom stereocenters. The summed E-state index contributed by atoms with van der Waals surface area (Å²) in [6.45, 7) is 0.226. The average Bonchev–Trinajstić information content (AvgIpc) is 3.13. The smallest absolute Gasteiger partial charge is 0.310 e. The molecule has 0 fully saturated rings. The van der Waals surface area contributed by atoms with Crippen LogP contribution in [0, 0.1) is 5.82 Å². The summed E-state index contributed by atoms with van der Waals surface area (Å²) in [7, 11) is 0. The molecule has 0 bridgehead atoms. The third-order valence-corrected chi connectivity index (χ3v) is 5.74. The summed E-state index contributed by atoms with van der Waals surface area (Å²) < 4.78 is 20.8. The fourth-order valence-electron chi connectivity index (χ4n) is 3.42. The van der Waals surface area contributed by atoms with E-state index in [9.17, 15) is 14.3 Å². The Morgan fingerprint density at radius 1 is 1.10 bits per heavy atom. The Morgan fingerprint density at radius 2 is 1.94 bits per heavy atom. The lowest BCUT2D eigenvalue weighted by Crippen LogP contribution is -2.25. The number of hydrogen-bond acceptors (Lipinski definition) is 5. The van der Waals surface area contributed by atoms with Crippen molar-refractivity contribution >= 4 is 11.3 Å². The summed E-state index contributed by atoms with van der Waals surface area (Å²) in [6, 6.07) is 17.3. The summed E-state index contributed by atoms with van der Waals surface area (Å²) in [6.07, 6.45) is 4.81. The van der Waals surface area contributed by atoms with Crippen LogP contribution >= 0.6 is 11.3 Å². The molecule has 2 aromatic carbocycles. The quantitative estimate of drug-likeness (QED) is 0.419. The molecule has 0 saturated heterocycles. The highest BCUT2D eigenvalue weighted by atomic mass is 32.1. The van der Waals surface area contributed by atoms with Crippen LogP contribution < -0.4 is 9.61 Å². The summed E-state index contributed by atoms with van der Waals surface area (Å²) >= 11 is 0.962. The van der Waals surface area contributed by atoms with Gasteiger partial charge in [0.25, 0.3) is 0 Å². The van der Waals surface area contributed by atoms with Gasteiger partial charge in [-0.3, -0.25) is 14.3 Å². The molecule has 0 aliphatic carbocycles. The number of pyridine rings is 1. The van der Waals surface area contributed by atoms with Crippen LogP contribution in [0.2, 0.25) is 0 Å². The fourth-order valence-corrected chi connectivity index (χ4v) is 4.09. The van der Waals surface area contributed by atoms with Gasteiger partial charge in [-0.2, -0.15) is 0 Å². The van der Waals surface area contributed by atoms with Crippen LogP contribution in [0.4, 0.5) is 4.39 Å². The minimum absolute atomic E-state index is 0.0590. The van der Waals surface area contributed by atoms with Crippen LogP contribution in [0.3, 0.4) is 0 Å². The standard InChI is InChI=1S/C24H21FN2O3S/c25-20-5-1-4-19(13-20)18-7-10-22(11-8-18)30-15-21(27-23(28)16-31-24(27)29)9-6-17-3-2-12-26-14-17/h1-5,7-8,10-14,16,21,28H,6,9,15H2/t21-/m1/s1. The second-order valence-corrected chi connectivity index (χ2v) is 7.95. The largest absolute Gasteiger partial charge is 0.494 e. The minimum Gasteiger partial charge on any atom is -0.494 e. The molecule has 2 aromatic heterocycles. The van der Waals surface area contributed by atoms with Gasteiger partial charge in [0.15, 0.2) is 0 Å². The van der Waals surface area contributed by atoms with Gasteiger partial charge in [0, 0.05) is 12.4 Å². The highest BCUT2D eigenvalue weighted by molar-refractivity contribution is 7.07. The van der Waals surface area contributed by atoms with Crippen molar-refractivity contribution in [2.45, 2.75) is 18.9 Å². The second-order valence-electron chi connectivity index (χ2n) is 7.13. The summed E-state index contributed by atoms with van der Waals surface area (Å²) in [5.41, 5.74) is 2.72. The summed E-state index contributed by atoms with van der Waals surface area (Å²) in [5, 5.41) is 11.6. The average molecular weight is 437 g/mol. The Balaban J connectivity index is 1.47. The molecule has 4 aromatic rings. The van der Waals surface area contributed by atoms with E-state index in [2.05, 4.69) is 4.98 Å². The van der Waals surface area contributed by atoms with Gasteiger partial charge in [0.2, 0.25) is 5.88 Å². The number of hydrogen-bond donors (Lipinski definition) is 1. The van der Waals surface area contributed by atoms with E-state index in [1.807, 2.05) is 42.5 Å². The van der Waals surface area contributed by atoms with Gasteiger partial charge >= 0.3 is 4.87 Å². The van der Waals surface area contributed by atoms with Crippen molar-refractivity contribution in [2.75, 3.05) is 6.61 Å². The summed E-state index contributed by atoms with van der Waals surface area (Å²) in [5.74, 6) is 0.292. The zero-order chi connectivity index (χ0) is 21.6. The molecular formula is C24H21FN2O3S. The molecule has 158 valence electrons. The Hall–Kier alpha value is -3.45. The number of aromatic hydroxyl groups is 1. The van der Waals surface area contributed by atoms with Crippen LogP contribution in [0.25, 0.3) is 11.1 Å². The van der Waals surface area contributed by atoms with Crippen molar-refractivity contribution < 1.29 is 14.2 Å². The number of benzene rings is 2. The van der Waals surface area contributed by atoms with Gasteiger partial charge in [-0.1, -0.05) is 41.7 Å². The Morgan fingerprint density at radius 3 is 2.61 bits per heavy atom. The molecule has 1 N–H and O–H groups in total. The van der Waals surface area contributed by atoms with E-state index in [1.54, 1.807) is 18.5 Å². The number of nitrogens with zero attached hydrogens (tertiary/aromatic N) is 2. The number of halogens is 1. The van der Waals surface area contributed by atoms with Gasteiger partial charge in [-0.05, 0) is 59.9 Å². The van der Waals surface area contributed by atoms with Crippen molar-refractivity contribution in [2.24, 2.45) is 0 Å². The maximum absolute atomic E-state index is 13.5. The highest BCUT2D eigenvalue weighted by Gasteiger charge is 2.19. The molecule has 31 heavy (non-hydrogen) atoms. The van der Waals surface area contributed by atoms with Crippen molar-refractivity contribution in [1.29, 1.82) is 0 Å². The van der Waals surface area contributed by atoms with Crippen molar-refractivity contribution in [1.82, 2.24) is 9.55 Å². The predicted octanol–water partition coefficient (Wildman–Crippen LogP) is 5.07. The third kappa shape index (κ3) is 5.19. The monoisotopic (exact) mass is 436 g/mol. The van der Waals surface area contributed by atoms with Crippen LogP contribution in [0.15, 0.2) is 83.2 Å². The molecule has 7 heteroatoms. The zero-order valence-corrected chi connectivity index (χ0v) is 17.5. The number of aryl methyl sites for hydroxylation is 1. The first-order valence-corrected chi connectivity index (χ1v) is 10.7. The molecule has 4 rings (SSSR count). The molecule has 5 nitrogen and oxygen atoms in total. The fraction of sp³-hybridized carbons (Fsp3) is 0.167. The Kier molecular flexibility index (Phi) is 6.43. The molecule has 0 saturated carbocycles. The summed E-state index contributed by atoms with van der Waals surface area (Å²) in [4.78, 5) is 16.2. The first-order chi connectivity index (χ1) is 15.1. The first kappa shape index (κ1) is 20.8. The van der Waals surface area contributed by atoms with E-state index in [1.165, 1.54) is 22.1 Å². The molecule has 0 spiro atoms. The van der Waals surface area contributed by atoms with Gasteiger partial charge < -0.3 is 9.84 Å². The lowest BCUT2D eigenvalue weighted by atomic mass is 10.1. The van der Waals surface area contributed by atoms with Crippen molar-refractivity contribution in [3.8, 4) is 22.8 Å². The molecule has 2 heterocycles. The number of thiazole rings is 1. The van der Waals surface area contributed by atoms with Crippen molar-refractivity contribution in [3.63, 3.8) is 0 Å². The normalized spacial score (nSPS) is 11.9. The van der Waals surface area contributed by atoms with E-state index in [0.717, 1.165) is 28.0 Å². The molecule has 1 atom stereocenters. The van der Waals surface area contributed by atoms with Gasteiger partial charge in [-0.15, -0.1) is 0 Å². The Labute approximate surface area is 183 Å². The number of aromatic nitrogens is 2. The first-order valence-electron chi connectivity index (χ1n) is 9.87. The van der Waals surface area contributed by atoms with Crippen LogP contribution in [-0.2, 0) is 6.42 Å². The molecule has 0 aliphatic rings. The van der Waals surface area contributed by atoms with Crippen molar-refractivity contribution in [3.05, 3.63) is 99.5 Å². The van der Waals surface area contributed by atoms with E-state index in [0.29, 0.717) is 18.6 Å². The Bertz CT molecular complexity index is 1190. The predicted molar refractivity (Wildman–Crippen MR) is 119 cm³/mol. The second kappa shape index (κ2) is 9.57. The lowest BCUT2D eigenvalue weighted by molar-refractivity contribution is 0.228. The number of rotatable bonds is 8. The maximum Gasteiger partial charge on any atom is 0.310 e. The topological polar surface area (TPSA) is 64.3 Å². The van der Waals surface area contributed by atoms with Gasteiger partial charge in [0.05, 0.1) is 11.4 Å². The van der Waals surface area contributed by atoms with Crippen LogP contribution in [-0.4, -0.2) is 21.3 Å². The highest BCUT2D eigenvalue weighted by Crippen LogP contribution is 2.25. The minimum atomic E-state index is -0.332. The van der Waals surface area contributed by atoms with E-state index in [-0.39, 0.29) is 29.2 Å². The number of ether oxygens (including phenoxy) is 1. The SMILES string of the molecule is O=c1scc(O)n1[C@H](CCc1cccnc1)COc1ccc(-c2cccc(F)c2)cc1. The van der Waals surface area contributed by atoms with Gasteiger partial charge in [0.1, 0.15) is 18.2 Å². The van der Waals surface area contributed by atoms with Gasteiger partial charge in [-0.25, -0.2) is 4.39 Å². The van der Waals surface area contributed by atoms with E-state index in [4.69, 9.17) is 4.74 Å². The molecule has 0 amide bonds. The molecule has 0 radical (unpaired) electrons.